The van der Waals surface area contributed by atoms with E-state index in [1.165, 1.54) is 0 Å². The van der Waals surface area contributed by atoms with Crippen molar-refractivity contribution in [2.75, 3.05) is 7.05 Å². The molecule has 0 aliphatic heterocycles. The van der Waals surface area contributed by atoms with Crippen molar-refractivity contribution >= 4 is 24.2 Å². The van der Waals surface area contributed by atoms with Crippen LogP contribution >= 0.6 is 24.2 Å². The summed E-state index contributed by atoms with van der Waals surface area (Å²) in [6.45, 7) is 8.76. The summed E-state index contributed by atoms with van der Waals surface area (Å²) in [5.74, 6) is 1.52. The van der Waals surface area contributed by atoms with Gasteiger partial charge in [-0.3, -0.25) is 4.79 Å². The molecule has 0 aliphatic carbocycles. The van der Waals surface area contributed by atoms with Gasteiger partial charge in [0.15, 0.2) is 10.6 Å². The standard InChI is InChI=1S/C15H21N5OS.ClH/c1-5-6-20-13(8-16-4)18-19-15(20)22-9-12-11(3)14(21)10(2)7-17-12;/h5,7,16H,1,6,8-9H2,2-4H3,(H,17,21);1H. The van der Waals surface area contributed by atoms with Crippen molar-refractivity contribution in [2.45, 2.75) is 37.8 Å². The molecule has 8 heteroatoms. The number of thioether (sulfide) groups is 1. The number of allylic oxidation sites excluding steroid dienone is 1. The number of nitrogens with zero attached hydrogens (tertiary/aromatic N) is 3. The Labute approximate surface area is 146 Å². The third-order valence-corrected chi connectivity index (χ3v) is 4.39. The second-order valence-electron chi connectivity index (χ2n) is 5.02. The van der Waals surface area contributed by atoms with Crippen LogP contribution in [-0.2, 0) is 18.8 Å². The molecule has 2 aromatic heterocycles. The highest BCUT2D eigenvalue weighted by Gasteiger charge is 2.12. The lowest BCUT2D eigenvalue weighted by Gasteiger charge is -2.08. The van der Waals surface area contributed by atoms with Crippen molar-refractivity contribution in [2.24, 2.45) is 0 Å². The van der Waals surface area contributed by atoms with Crippen molar-refractivity contribution in [3.8, 4) is 0 Å². The summed E-state index contributed by atoms with van der Waals surface area (Å²) >= 11 is 1.56. The van der Waals surface area contributed by atoms with Crippen molar-refractivity contribution < 1.29 is 0 Å². The summed E-state index contributed by atoms with van der Waals surface area (Å²) in [5, 5.41) is 12.3. The molecule has 6 nitrogen and oxygen atoms in total. The summed E-state index contributed by atoms with van der Waals surface area (Å²) in [6, 6.07) is 0. The zero-order chi connectivity index (χ0) is 16.1. The molecule has 2 rings (SSSR count). The third-order valence-electron chi connectivity index (χ3n) is 3.40. The molecular formula is C15H22ClN5OS. The first-order valence-electron chi connectivity index (χ1n) is 7.06. The number of hydrogen-bond donors (Lipinski definition) is 2. The number of aromatic nitrogens is 4. The molecular weight excluding hydrogens is 334 g/mol. The van der Waals surface area contributed by atoms with Crippen LogP contribution in [-0.4, -0.2) is 26.8 Å². The first kappa shape index (κ1) is 19.5. The molecule has 0 amide bonds. The highest BCUT2D eigenvalue weighted by atomic mass is 35.5. The normalized spacial score (nSPS) is 10.4. The molecule has 23 heavy (non-hydrogen) atoms. The first-order valence-corrected chi connectivity index (χ1v) is 8.05. The Bertz CT molecular complexity index is 725. The minimum absolute atomic E-state index is 0. The quantitative estimate of drug-likeness (QED) is 0.588. The molecule has 2 N–H and O–H groups in total. The molecule has 0 atom stereocenters. The van der Waals surface area contributed by atoms with Gasteiger partial charge in [0.2, 0.25) is 0 Å². The zero-order valence-corrected chi connectivity index (χ0v) is 15.2. The van der Waals surface area contributed by atoms with Gasteiger partial charge < -0.3 is 14.9 Å². The number of aryl methyl sites for hydroxylation is 1. The largest absolute Gasteiger partial charge is 0.364 e. The highest BCUT2D eigenvalue weighted by molar-refractivity contribution is 7.98. The molecule has 0 bridgehead atoms. The fraction of sp³-hybridized carbons (Fsp3) is 0.400. The number of halogens is 1. The van der Waals surface area contributed by atoms with Gasteiger partial charge in [0.05, 0.1) is 6.54 Å². The van der Waals surface area contributed by atoms with Gasteiger partial charge in [-0.1, -0.05) is 17.8 Å². The van der Waals surface area contributed by atoms with Crippen LogP contribution in [0.25, 0.3) is 0 Å². The smallest absolute Gasteiger partial charge is 0.191 e. The molecule has 0 aliphatic rings. The number of H-pyrrole nitrogens is 1. The second-order valence-corrected chi connectivity index (χ2v) is 5.96. The van der Waals surface area contributed by atoms with E-state index in [1.54, 1.807) is 18.0 Å². The van der Waals surface area contributed by atoms with Crippen molar-refractivity contribution in [1.29, 1.82) is 0 Å². The van der Waals surface area contributed by atoms with E-state index >= 15 is 0 Å². The lowest BCUT2D eigenvalue weighted by atomic mass is 10.2. The summed E-state index contributed by atoms with van der Waals surface area (Å²) in [7, 11) is 1.88. The lowest BCUT2D eigenvalue weighted by Crippen LogP contribution is -2.13. The minimum atomic E-state index is 0. The van der Waals surface area contributed by atoms with Gasteiger partial charge in [-0.25, -0.2) is 0 Å². The number of rotatable bonds is 7. The molecule has 0 saturated heterocycles. The van der Waals surface area contributed by atoms with Crippen LogP contribution in [0.2, 0.25) is 0 Å². The van der Waals surface area contributed by atoms with Gasteiger partial charge in [-0.15, -0.1) is 29.2 Å². The van der Waals surface area contributed by atoms with Crippen LogP contribution in [0, 0.1) is 13.8 Å². The average molecular weight is 356 g/mol. The van der Waals surface area contributed by atoms with Gasteiger partial charge >= 0.3 is 0 Å². The Kier molecular flexibility index (Phi) is 7.54. The molecule has 0 spiro atoms. The maximum absolute atomic E-state index is 12.0. The maximum atomic E-state index is 12.0. The van der Waals surface area contributed by atoms with Crippen molar-refractivity contribution in [3.05, 3.63) is 51.7 Å². The van der Waals surface area contributed by atoms with Crippen molar-refractivity contribution in [3.63, 3.8) is 0 Å². The summed E-state index contributed by atoms with van der Waals surface area (Å²) in [6.07, 6.45) is 3.58. The van der Waals surface area contributed by atoms with Crippen LogP contribution in [0.15, 0.2) is 28.8 Å². The van der Waals surface area contributed by atoms with E-state index in [1.807, 2.05) is 31.5 Å². The van der Waals surface area contributed by atoms with Crippen LogP contribution in [0.4, 0.5) is 0 Å². The molecule has 126 valence electrons. The Morgan fingerprint density at radius 3 is 2.83 bits per heavy atom. The molecule has 2 aromatic rings. The highest BCUT2D eigenvalue weighted by Crippen LogP contribution is 2.22. The fourth-order valence-corrected chi connectivity index (χ4v) is 3.12. The van der Waals surface area contributed by atoms with E-state index in [-0.39, 0.29) is 17.8 Å². The topological polar surface area (TPSA) is 75.6 Å². The molecule has 0 unspecified atom stereocenters. The minimum Gasteiger partial charge on any atom is -0.364 e. The van der Waals surface area contributed by atoms with Gasteiger partial charge in [0, 0.05) is 35.3 Å². The monoisotopic (exact) mass is 355 g/mol. The second kappa shape index (κ2) is 8.90. The lowest BCUT2D eigenvalue weighted by molar-refractivity contribution is 0.646. The maximum Gasteiger partial charge on any atom is 0.191 e. The van der Waals surface area contributed by atoms with Gasteiger partial charge in [-0.05, 0) is 20.9 Å². The van der Waals surface area contributed by atoms with E-state index in [2.05, 4.69) is 27.1 Å². The number of hydrogen-bond acceptors (Lipinski definition) is 5. The van der Waals surface area contributed by atoms with Crippen LogP contribution < -0.4 is 10.7 Å². The summed E-state index contributed by atoms with van der Waals surface area (Å²) < 4.78 is 2.02. The van der Waals surface area contributed by atoms with Gasteiger partial charge in [0.25, 0.3) is 0 Å². The molecule has 0 saturated carbocycles. The van der Waals surface area contributed by atoms with Gasteiger partial charge in [-0.2, -0.15) is 0 Å². The van der Waals surface area contributed by atoms with Crippen LogP contribution in [0.5, 0.6) is 0 Å². The first-order chi connectivity index (χ1) is 10.6. The molecule has 0 radical (unpaired) electrons. The average Bonchev–Trinajstić information content (AvgIpc) is 2.87. The number of nitrogens with one attached hydrogen (secondary N) is 2. The SMILES string of the molecule is C=CCn1c(CNC)nnc1SCc1[nH]cc(C)c(=O)c1C.Cl. The fourth-order valence-electron chi connectivity index (χ4n) is 2.12. The van der Waals surface area contributed by atoms with Crippen LogP contribution in [0.1, 0.15) is 22.6 Å². The van der Waals surface area contributed by atoms with Crippen molar-refractivity contribution in [1.82, 2.24) is 25.1 Å². The predicted octanol–water partition coefficient (Wildman–Crippen LogP) is 2.20. The Balaban J connectivity index is 0.00000264. The molecule has 2 heterocycles. The van der Waals surface area contributed by atoms with E-state index in [0.29, 0.717) is 18.8 Å². The molecule has 0 fully saturated rings. The van der Waals surface area contributed by atoms with Gasteiger partial charge in [0.1, 0.15) is 5.82 Å². The van der Waals surface area contributed by atoms with Crippen LogP contribution in [0.3, 0.4) is 0 Å². The summed E-state index contributed by atoms with van der Waals surface area (Å²) in [5.41, 5.74) is 2.51. The van der Waals surface area contributed by atoms with E-state index in [0.717, 1.165) is 27.8 Å². The van der Waals surface area contributed by atoms with E-state index < -0.39 is 0 Å². The number of pyridine rings is 1. The third kappa shape index (κ3) is 4.46. The number of aromatic amines is 1. The predicted molar refractivity (Wildman–Crippen MR) is 96.3 cm³/mol. The summed E-state index contributed by atoms with van der Waals surface area (Å²) in [4.78, 5) is 15.2. The van der Waals surface area contributed by atoms with E-state index in [9.17, 15) is 4.79 Å². The Hall–Kier alpha value is -1.57. The molecule has 0 aromatic carbocycles. The Morgan fingerprint density at radius 1 is 1.43 bits per heavy atom. The zero-order valence-electron chi connectivity index (χ0n) is 13.5. The Morgan fingerprint density at radius 2 is 2.17 bits per heavy atom. The van der Waals surface area contributed by atoms with E-state index in [4.69, 9.17) is 0 Å².